The van der Waals surface area contributed by atoms with Gasteiger partial charge in [-0.25, -0.2) is 4.98 Å². The minimum atomic E-state index is -0.0226. The number of rotatable bonds is 4. The maximum atomic E-state index is 6.48. The predicted molar refractivity (Wildman–Crippen MR) is 69.6 cm³/mol. The summed E-state index contributed by atoms with van der Waals surface area (Å²) in [7, 11) is 2.02. The third-order valence-corrected chi connectivity index (χ3v) is 4.35. The molecule has 2 N–H and O–H groups in total. The first-order chi connectivity index (χ1) is 8.09. The predicted octanol–water partition coefficient (Wildman–Crippen LogP) is 1.68. The Bertz CT molecular complexity index is 367. The molecular formula is C13H24N4. The lowest BCUT2D eigenvalue weighted by Crippen LogP contribution is -2.52. The first-order valence-corrected chi connectivity index (χ1v) is 6.57. The van der Waals surface area contributed by atoms with E-state index in [1.165, 1.54) is 25.9 Å². The van der Waals surface area contributed by atoms with Crippen molar-refractivity contribution >= 4 is 0 Å². The van der Waals surface area contributed by atoms with E-state index in [9.17, 15) is 0 Å². The number of likely N-dealkylation sites (tertiary alicyclic amines) is 1. The summed E-state index contributed by atoms with van der Waals surface area (Å²) in [5.74, 6) is 0.987. The highest BCUT2D eigenvalue weighted by molar-refractivity contribution is 5.08. The van der Waals surface area contributed by atoms with Crippen LogP contribution in [-0.4, -0.2) is 33.1 Å². The molecule has 0 aromatic carbocycles. The molecule has 0 amide bonds. The van der Waals surface area contributed by atoms with E-state index in [4.69, 9.17) is 5.73 Å². The smallest absolute Gasteiger partial charge is 0.127 e. The Balaban J connectivity index is 2.25. The molecule has 1 aliphatic heterocycles. The highest BCUT2D eigenvalue weighted by Crippen LogP contribution is 2.33. The van der Waals surface area contributed by atoms with Gasteiger partial charge in [-0.05, 0) is 39.3 Å². The molecule has 2 unspecified atom stereocenters. The van der Waals surface area contributed by atoms with Gasteiger partial charge in [-0.1, -0.05) is 6.92 Å². The zero-order chi connectivity index (χ0) is 12.5. The summed E-state index contributed by atoms with van der Waals surface area (Å²) >= 11 is 0. The Hall–Kier alpha value is -0.870. The van der Waals surface area contributed by atoms with E-state index in [1.807, 2.05) is 24.0 Å². The summed E-state index contributed by atoms with van der Waals surface area (Å²) < 4.78 is 2.04. The van der Waals surface area contributed by atoms with Crippen LogP contribution in [0, 0.1) is 0 Å². The van der Waals surface area contributed by atoms with Crippen LogP contribution < -0.4 is 5.73 Å². The lowest BCUT2D eigenvalue weighted by Gasteiger charge is -2.42. The quantitative estimate of drug-likeness (QED) is 0.865. The molecule has 0 radical (unpaired) electrons. The van der Waals surface area contributed by atoms with Gasteiger partial charge in [0.05, 0.1) is 6.04 Å². The highest BCUT2D eigenvalue weighted by atomic mass is 15.2. The molecule has 0 spiro atoms. The SMILES string of the molecule is CCC(C)(C(N)c1nccn1C)N1CCCC1. The molecule has 4 nitrogen and oxygen atoms in total. The fourth-order valence-electron chi connectivity index (χ4n) is 2.82. The van der Waals surface area contributed by atoms with Gasteiger partial charge in [-0.3, -0.25) is 4.90 Å². The molecule has 0 bridgehead atoms. The molecule has 4 heteroatoms. The molecule has 1 saturated heterocycles. The van der Waals surface area contributed by atoms with Gasteiger partial charge >= 0.3 is 0 Å². The van der Waals surface area contributed by atoms with E-state index in [-0.39, 0.29) is 11.6 Å². The molecule has 1 aromatic rings. The normalized spacial score (nSPS) is 22.6. The maximum absolute atomic E-state index is 6.48. The summed E-state index contributed by atoms with van der Waals surface area (Å²) in [6.07, 6.45) is 7.44. The molecule has 1 aliphatic rings. The van der Waals surface area contributed by atoms with Gasteiger partial charge < -0.3 is 10.3 Å². The molecule has 1 fully saturated rings. The molecule has 1 aromatic heterocycles. The highest BCUT2D eigenvalue weighted by Gasteiger charge is 2.39. The fraction of sp³-hybridized carbons (Fsp3) is 0.769. The minimum absolute atomic E-state index is 0.0226. The van der Waals surface area contributed by atoms with Crippen molar-refractivity contribution in [3.8, 4) is 0 Å². The second kappa shape index (κ2) is 4.78. The summed E-state index contributed by atoms with van der Waals surface area (Å²) in [4.78, 5) is 6.95. The average molecular weight is 236 g/mol. The van der Waals surface area contributed by atoms with Crippen LogP contribution in [0.4, 0.5) is 0 Å². The monoisotopic (exact) mass is 236 g/mol. The van der Waals surface area contributed by atoms with Crippen molar-refractivity contribution in [1.82, 2.24) is 14.5 Å². The van der Waals surface area contributed by atoms with E-state index in [1.54, 1.807) is 0 Å². The van der Waals surface area contributed by atoms with Crippen LogP contribution in [0.1, 0.15) is 45.0 Å². The van der Waals surface area contributed by atoms with Crippen molar-refractivity contribution in [2.75, 3.05) is 13.1 Å². The van der Waals surface area contributed by atoms with Gasteiger partial charge in [-0.15, -0.1) is 0 Å². The Labute approximate surface area is 104 Å². The molecular weight excluding hydrogens is 212 g/mol. The first-order valence-electron chi connectivity index (χ1n) is 6.57. The zero-order valence-corrected chi connectivity index (χ0v) is 11.2. The van der Waals surface area contributed by atoms with Gasteiger partial charge in [0.1, 0.15) is 5.82 Å². The lowest BCUT2D eigenvalue weighted by molar-refractivity contribution is 0.0957. The van der Waals surface area contributed by atoms with Crippen molar-refractivity contribution in [3.05, 3.63) is 18.2 Å². The van der Waals surface area contributed by atoms with Gasteiger partial charge in [0, 0.05) is 25.0 Å². The summed E-state index contributed by atoms with van der Waals surface area (Å²) in [5, 5.41) is 0. The Kier molecular flexibility index (Phi) is 3.54. The summed E-state index contributed by atoms with van der Waals surface area (Å²) in [6.45, 7) is 6.84. The van der Waals surface area contributed by atoms with Crippen molar-refractivity contribution in [1.29, 1.82) is 0 Å². The molecule has 2 heterocycles. The van der Waals surface area contributed by atoms with Crippen LogP contribution in [0.5, 0.6) is 0 Å². The Morgan fingerprint density at radius 2 is 2.12 bits per heavy atom. The van der Waals surface area contributed by atoms with E-state index >= 15 is 0 Å². The number of nitrogens with zero attached hydrogens (tertiary/aromatic N) is 3. The van der Waals surface area contributed by atoms with E-state index in [0.717, 1.165) is 12.2 Å². The largest absolute Gasteiger partial charge is 0.337 e. The van der Waals surface area contributed by atoms with Crippen molar-refractivity contribution in [2.24, 2.45) is 12.8 Å². The molecule has 0 aliphatic carbocycles. The lowest BCUT2D eigenvalue weighted by atomic mass is 9.87. The van der Waals surface area contributed by atoms with Crippen LogP contribution in [-0.2, 0) is 7.05 Å². The van der Waals surface area contributed by atoms with E-state index < -0.39 is 0 Å². The van der Waals surface area contributed by atoms with Crippen LogP contribution >= 0.6 is 0 Å². The third-order valence-electron chi connectivity index (χ3n) is 4.35. The summed E-state index contributed by atoms with van der Waals surface area (Å²) in [6, 6.07) is -0.0226. The van der Waals surface area contributed by atoms with Crippen molar-refractivity contribution < 1.29 is 0 Å². The maximum Gasteiger partial charge on any atom is 0.127 e. The molecule has 2 rings (SSSR count). The minimum Gasteiger partial charge on any atom is -0.337 e. The van der Waals surface area contributed by atoms with Gasteiger partial charge in [-0.2, -0.15) is 0 Å². The zero-order valence-electron chi connectivity index (χ0n) is 11.2. The Morgan fingerprint density at radius 3 is 2.59 bits per heavy atom. The van der Waals surface area contributed by atoms with E-state index in [0.29, 0.717) is 0 Å². The number of aromatic nitrogens is 2. The molecule has 0 saturated carbocycles. The van der Waals surface area contributed by atoms with Gasteiger partial charge in [0.2, 0.25) is 0 Å². The number of aryl methyl sites for hydroxylation is 1. The number of hydrogen-bond acceptors (Lipinski definition) is 3. The topological polar surface area (TPSA) is 47.1 Å². The number of imidazole rings is 1. The van der Waals surface area contributed by atoms with Gasteiger partial charge in [0.25, 0.3) is 0 Å². The van der Waals surface area contributed by atoms with Gasteiger partial charge in [0.15, 0.2) is 0 Å². The number of nitrogens with two attached hydrogens (primary N) is 1. The van der Waals surface area contributed by atoms with Crippen molar-refractivity contribution in [3.63, 3.8) is 0 Å². The second-order valence-corrected chi connectivity index (χ2v) is 5.28. The van der Waals surface area contributed by atoms with Crippen molar-refractivity contribution in [2.45, 2.75) is 44.7 Å². The second-order valence-electron chi connectivity index (χ2n) is 5.28. The number of hydrogen-bond donors (Lipinski definition) is 1. The van der Waals surface area contributed by atoms with Crippen LogP contribution in [0.25, 0.3) is 0 Å². The third kappa shape index (κ3) is 2.11. The molecule has 17 heavy (non-hydrogen) atoms. The average Bonchev–Trinajstić information content (AvgIpc) is 2.97. The molecule has 2 atom stereocenters. The van der Waals surface area contributed by atoms with Crippen LogP contribution in [0.2, 0.25) is 0 Å². The fourth-order valence-corrected chi connectivity index (χ4v) is 2.82. The van der Waals surface area contributed by atoms with Crippen LogP contribution in [0.15, 0.2) is 12.4 Å². The summed E-state index contributed by atoms with van der Waals surface area (Å²) in [5.41, 5.74) is 6.51. The standard InChI is InChI=1S/C13H24N4/c1-4-13(2,17-8-5-6-9-17)11(14)12-15-7-10-16(12)3/h7,10-11H,4-6,8-9,14H2,1-3H3. The molecule has 96 valence electrons. The van der Waals surface area contributed by atoms with E-state index in [2.05, 4.69) is 23.7 Å². The van der Waals surface area contributed by atoms with Crippen LogP contribution in [0.3, 0.4) is 0 Å². The Morgan fingerprint density at radius 1 is 1.47 bits per heavy atom. The first kappa shape index (κ1) is 12.6.